The van der Waals surface area contributed by atoms with Crippen molar-refractivity contribution in [1.29, 1.82) is 0 Å². The molecule has 2 heterocycles. The van der Waals surface area contributed by atoms with E-state index in [-0.39, 0.29) is 18.2 Å². The van der Waals surface area contributed by atoms with Gasteiger partial charge in [-0.15, -0.1) is 0 Å². The van der Waals surface area contributed by atoms with Crippen molar-refractivity contribution in [2.45, 2.75) is 25.8 Å². The molecule has 0 bridgehead atoms. The monoisotopic (exact) mass is 458 g/mol. The summed E-state index contributed by atoms with van der Waals surface area (Å²) in [6, 6.07) is 19.4. The van der Waals surface area contributed by atoms with Crippen molar-refractivity contribution in [1.82, 2.24) is 10.3 Å². The van der Waals surface area contributed by atoms with Gasteiger partial charge in [0.25, 0.3) is 0 Å². The van der Waals surface area contributed by atoms with E-state index in [4.69, 9.17) is 5.73 Å². The molecule has 176 valence electrons. The second-order valence-corrected chi connectivity index (χ2v) is 8.44. The fourth-order valence-electron chi connectivity index (χ4n) is 3.94. The molecular formula is C26H30N6O2. The second-order valence-electron chi connectivity index (χ2n) is 8.44. The molecule has 0 radical (unpaired) electrons. The zero-order valence-electron chi connectivity index (χ0n) is 19.0. The molecule has 1 saturated heterocycles. The van der Waals surface area contributed by atoms with Crippen LogP contribution in [0.5, 0.6) is 0 Å². The Morgan fingerprint density at radius 1 is 1.06 bits per heavy atom. The molecule has 0 saturated carbocycles. The minimum Gasteiger partial charge on any atom is -0.381 e. The maximum absolute atomic E-state index is 12.4. The molecule has 0 aliphatic carbocycles. The van der Waals surface area contributed by atoms with Crippen LogP contribution in [0.25, 0.3) is 0 Å². The van der Waals surface area contributed by atoms with Crippen molar-refractivity contribution in [2.75, 3.05) is 29.0 Å². The number of nitrogens with zero attached hydrogens (tertiary/aromatic N) is 1. The second kappa shape index (κ2) is 11.3. The molecule has 0 spiro atoms. The topological polar surface area (TPSA) is 121 Å². The van der Waals surface area contributed by atoms with Gasteiger partial charge in [-0.1, -0.05) is 30.3 Å². The zero-order valence-corrected chi connectivity index (χ0v) is 19.0. The standard InChI is InChI=1S/C26H30N6O2/c27-24(33)13-20-17-30-25(14-23(20)29-15-18-5-2-1-3-6-18)31-21-8-10-22(11-9-21)32-26(34)19-7-4-12-28-16-19/h1-3,5-6,8-11,14,17,19,28H,4,7,12-13,15-16H2,(H2,27,33)(H,32,34)(H2,29,30,31). The molecule has 8 nitrogen and oxygen atoms in total. The first-order chi connectivity index (χ1) is 16.6. The third kappa shape index (κ3) is 6.55. The lowest BCUT2D eigenvalue weighted by Crippen LogP contribution is -2.37. The smallest absolute Gasteiger partial charge is 0.228 e. The lowest BCUT2D eigenvalue weighted by Gasteiger charge is -2.21. The molecular weight excluding hydrogens is 428 g/mol. The van der Waals surface area contributed by atoms with Gasteiger partial charge in [0.15, 0.2) is 0 Å². The quantitative estimate of drug-likeness (QED) is 0.335. The molecule has 2 aromatic carbocycles. The highest BCUT2D eigenvalue weighted by molar-refractivity contribution is 5.93. The zero-order chi connectivity index (χ0) is 23.8. The minimum atomic E-state index is -0.410. The van der Waals surface area contributed by atoms with Crippen LogP contribution in [-0.4, -0.2) is 29.9 Å². The highest BCUT2D eigenvalue weighted by Gasteiger charge is 2.20. The van der Waals surface area contributed by atoms with E-state index in [1.165, 1.54) is 0 Å². The largest absolute Gasteiger partial charge is 0.381 e. The summed E-state index contributed by atoms with van der Waals surface area (Å²) < 4.78 is 0. The summed E-state index contributed by atoms with van der Waals surface area (Å²) in [5.41, 5.74) is 9.67. The summed E-state index contributed by atoms with van der Waals surface area (Å²) in [4.78, 5) is 28.4. The average Bonchev–Trinajstić information content (AvgIpc) is 2.86. The number of anilines is 4. The van der Waals surface area contributed by atoms with E-state index < -0.39 is 5.91 Å². The Morgan fingerprint density at radius 2 is 1.82 bits per heavy atom. The van der Waals surface area contributed by atoms with Crippen molar-refractivity contribution in [2.24, 2.45) is 11.7 Å². The summed E-state index contributed by atoms with van der Waals surface area (Å²) in [6.45, 7) is 2.32. The Kier molecular flexibility index (Phi) is 7.72. The molecule has 3 aromatic rings. The normalized spacial score (nSPS) is 15.4. The fraction of sp³-hybridized carbons (Fsp3) is 0.269. The fourth-order valence-corrected chi connectivity index (χ4v) is 3.94. The van der Waals surface area contributed by atoms with Gasteiger partial charge in [-0.05, 0) is 49.2 Å². The van der Waals surface area contributed by atoms with E-state index in [2.05, 4.69) is 26.3 Å². The Morgan fingerprint density at radius 3 is 2.53 bits per heavy atom. The minimum absolute atomic E-state index is 0.0106. The summed E-state index contributed by atoms with van der Waals surface area (Å²) in [5.74, 6) is 0.283. The highest BCUT2D eigenvalue weighted by atomic mass is 16.2. The molecule has 1 aliphatic rings. The number of carbonyl (C=O) groups is 2. The van der Waals surface area contributed by atoms with E-state index in [9.17, 15) is 9.59 Å². The first-order valence-corrected chi connectivity index (χ1v) is 11.5. The number of hydrogen-bond acceptors (Lipinski definition) is 6. The molecule has 1 aromatic heterocycles. The van der Waals surface area contributed by atoms with E-state index in [1.54, 1.807) is 6.20 Å². The number of amides is 2. The lowest BCUT2D eigenvalue weighted by atomic mass is 9.99. The SMILES string of the molecule is NC(=O)Cc1cnc(Nc2ccc(NC(=O)C3CCCNC3)cc2)cc1NCc1ccccc1. The predicted octanol–water partition coefficient (Wildman–Crippen LogP) is 3.40. The Hall–Kier alpha value is -3.91. The molecule has 6 N–H and O–H groups in total. The molecule has 4 rings (SSSR count). The first-order valence-electron chi connectivity index (χ1n) is 11.5. The van der Waals surface area contributed by atoms with E-state index in [0.717, 1.165) is 54.1 Å². The van der Waals surface area contributed by atoms with Gasteiger partial charge in [0.1, 0.15) is 5.82 Å². The number of carbonyl (C=O) groups excluding carboxylic acids is 2. The summed E-state index contributed by atoms with van der Waals surface area (Å²) in [5, 5.41) is 12.9. The number of rotatable bonds is 9. The maximum Gasteiger partial charge on any atom is 0.228 e. The lowest BCUT2D eigenvalue weighted by molar-refractivity contribution is -0.120. The van der Waals surface area contributed by atoms with Crippen LogP contribution in [0, 0.1) is 5.92 Å². The van der Waals surface area contributed by atoms with Crippen LogP contribution in [0.4, 0.5) is 22.9 Å². The van der Waals surface area contributed by atoms with Crippen LogP contribution in [0.1, 0.15) is 24.0 Å². The Balaban J connectivity index is 1.41. The summed E-state index contributed by atoms with van der Waals surface area (Å²) in [6.07, 6.45) is 3.70. The number of piperidine rings is 1. The van der Waals surface area contributed by atoms with Crippen LogP contribution in [0.2, 0.25) is 0 Å². The molecule has 1 fully saturated rings. The molecule has 1 aliphatic heterocycles. The van der Waals surface area contributed by atoms with Crippen molar-refractivity contribution in [3.63, 3.8) is 0 Å². The van der Waals surface area contributed by atoms with Crippen molar-refractivity contribution in [3.05, 3.63) is 78.0 Å². The number of pyridine rings is 1. The van der Waals surface area contributed by atoms with Gasteiger partial charge in [0.05, 0.1) is 12.3 Å². The molecule has 1 unspecified atom stereocenters. The molecule has 8 heteroatoms. The van der Waals surface area contributed by atoms with Gasteiger partial charge in [0.2, 0.25) is 11.8 Å². The van der Waals surface area contributed by atoms with Gasteiger partial charge < -0.3 is 27.0 Å². The molecule has 34 heavy (non-hydrogen) atoms. The maximum atomic E-state index is 12.4. The number of nitrogens with one attached hydrogen (secondary N) is 4. The Labute approximate surface area is 199 Å². The first kappa shape index (κ1) is 23.3. The van der Waals surface area contributed by atoms with Crippen LogP contribution in [-0.2, 0) is 22.6 Å². The molecule has 1 atom stereocenters. The van der Waals surface area contributed by atoms with Crippen LogP contribution < -0.4 is 27.0 Å². The number of nitrogens with two attached hydrogens (primary N) is 1. The van der Waals surface area contributed by atoms with Gasteiger partial charge in [-0.2, -0.15) is 0 Å². The third-order valence-corrected chi connectivity index (χ3v) is 5.77. The van der Waals surface area contributed by atoms with E-state index >= 15 is 0 Å². The number of hydrogen-bond donors (Lipinski definition) is 5. The van der Waals surface area contributed by atoms with Gasteiger partial charge in [-0.3, -0.25) is 9.59 Å². The summed E-state index contributed by atoms with van der Waals surface area (Å²) in [7, 11) is 0. The Bertz CT molecular complexity index is 1110. The van der Waals surface area contributed by atoms with Crippen LogP contribution in [0.15, 0.2) is 66.9 Å². The molecule has 2 amide bonds. The van der Waals surface area contributed by atoms with Crippen molar-refractivity contribution < 1.29 is 9.59 Å². The van der Waals surface area contributed by atoms with Gasteiger partial charge in [0, 0.05) is 48.0 Å². The highest BCUT2D eigenvalue weighted by Crippen LogP contribution is 2.24. The third-order valence-electron chi connectivity index (χ3n) is 5.77. The number of primary amides is 1. The number of benzene rings is 2. The van der Waals surface area contributed by atoms with E-state index in [1.807, 2.05) is 60.7 Å². The van der Waals surface area contributed by atoms with Crippen LogP contribution in [0.3, 0.4) is 0 Å². The predicted molar refractivity (Wildman–Crippen MR) is 135 cm³/mol. The van der Waals surface area contributed by atoms with Crippen molar-refractivity contribution in [3.8, 4) is 0 Å². The van der Waals surface area contributed by atoms with Crippen molar-refractivity contribution >= 4 is 34.7 Å². The van der Waals surface area contributed by atoms with Gasteiger partial charge >= 0.3 is 0 Å². The number of aromatic nitrogens is 1. The van der Waals surface area contributed by atoms with E-state index in [0.29, 0.717) is 12.4 Å². The van der Waals surface area contributed by atoms with Crippen LogP contribution >= 0.6 is 0 Å². The van der Waals surface area contributed by atoms with Gasteiger partial charge in [-0.25, -0.2) is 4.98 Å². The average molecular weight is 459 g/mol. The summed E-state index contributed by atoms with van der Waals surface area (Å²) >= 11 is 0.